The van der Waals surface area contributed by atoms with Gasteiger partial charge < -0.3 is 5.32 Å². The van der Waals surface area contributed by atoms with E-state index in [0.29, 0.717) is 28.3 Å². The molecule has 12 heteroatoms. The van der Waals surface area contributed by atoms with Crippen LogP contribution in [0.25, 0.3) is 11.3 Å². The fraction of sp³-hybridized carbons (Fsp3) is 0.192. The van der Waals surface area contributed by atoms with Crippen LogP contribution in [0.3, 0.4) is 0 Å². The van der Waals surface area contributed by atoms with Gasteiger partial charge in [0.2, 0.25) is 0 Å². The zero-order chi connectivity index (χ0) is 27.7. The molecule has 1 N–H and O–H groups in total. The summed E-state index contributed by atoms with van der Waals surface area (Å²) >= 11 is 6.22. The summed E-state index contributed by atoms with van der Waals surface area (Å²) in [6.45, 7) is 1.20. The van der Waals surface area contributed by atoms with Gasteiger partial charge >= 0.3 is 12.4 Å². The number of hydrogen-bond acceptors (Lipinski definition) is 3. The average Bonchev–Trinajstić information content (AvgIpc) is 3.27. The first kappa shape index (κ1) is 27.2. The van der Waals surface area contributed by atoms with Crippen LogP contribution in [0, 0.1) is 0 Å². The van der Waals surface area contributed by atoms with Gasteiger partial charge in [0.25, 0.3) is 5.91 Å². The van der Waals surface area contributed by atoms with Gasteiger partial charge in [0, 0.05) is 10.6 Å². The van der Waals surface area contributed by atoms with E-state index >= 15 is 0 Å². The zero-order valence-electron chi connectivity index (χ0n) is 19.6. The Balaban J connectivity index is 1.75. The molecule has 0 fully saturated rings. The normalized spacial score (nSPS) is 12.8. The molecule has 4 rings (SSSR count). The van der Waals surface area contributed by atoms with E-state index in [9.17, 15) is 31.1 Å². The van der Waals surface area contributed by atoms with Gasteiger partial charge in [-0.05, 0) is 42.3 Å². The van der Waals surface area contributed by atoms with E-state index in [-0.39, 0.29) is 23.0 Å². The second-order valence-corrected chi connectivity index (χ2v) is 8.85. The number of alkyl halides is 6. The van der Waals surface area contributed by atoms with E-state index in [1.54, 1.807) is 61.5 Å². The van der Waals surface area contributed by atoms with Crippen molar-refractivity contribution in [1.29, 1.82) is 0 Å². The Morgan fingerprint density at radius 3 is 2.08 bits per heavy atom. The van der Waals surface area contributed by atoms with Crippen LogP contribution in [-0.2, 0) is 18.9 Å². The fourth-order valence-electron chi connectivity index (χ4n) is 3.91. The van der Waals surface area contributed by atoms with Gasteiger partial charge in [-0.25, -0.2) is 4.68 Å². The number of halogens is 7. The van der Waals surface area contributed by atoms with Crippen LogP contribution in [0.5, 0.6) is 0 Å². The molecule has 0 bridgehead atoms. The topological polar surface area (TPSA) is 59.8 Å². The van der Waals surface area contributed by atoms with Crippen molar-refractivity contribution < 1.29 is 31.1 Å². The molecule has 0 aliphatic rings. The van der Waals surface area contributed by atoms with Crippen molar-refractivity contribution >= 4 is 17.5 Å². The van der Waals surface area contributed by atoms with Gasteiger partial charge in [0.15, 0.2) is 5.69 Å². The molecule has 5 nitrogen and oxygen atoms in total. The third-order valence-corrected chi connectivity index (χ3v) is 6.04. The first-order chi connectivity index (χ1) is 17.8. The number of aromatic nitrogens is 3. The maximum Gasteiger partial charge on any atom is 0.416 e. The molecule has 0 saturated heterocycles. The second-order valence-electron chi connectivity index (χ2n) is 8.44. The predicted molar refractivity (Wildman–Crippen MR) is 128 cm³/mol. The van der Waals surface area contributed by atoms with Crippen LogP contribution < -0.4 is 5.32 Å². The third-order valence-electron chi connectivity index (χ3n) is 5.70. The highest BCUT2D eigenvalue weighted by atomic mass is 35.5. The molecule has 1 heterocycles. The molecule has 0 saturated carbocycles. The summed E-state index contributed by atoms with van der Waals surface area (Å²) in [4.78, 5) is 13.2. The summed E-state index contributed by atoms with van der Waals surface area (Å²) < 4.78 is 81.2. The number of amides is 1. The third kappa shape index (κ3) is 5.99. The summed E-state index contributed by atoms with van der Waals surface area (Å²) in [6, 6.07) is 15.9. The summed E-state index contributed by atoms with van der Waals surface area (Å²) in [6.07, 6.45) is -10.00. The number of carbonyl (C=O) groups is 1. The lowest BCUT2D eigenvalue weighted by atomic mass is 10.0. The van der Waals surface area contributed by atoms with Gasteiger partial charge in [-0.15, -0.1) is 5.10 Å². The highest BCUT2D eigenvalue weighted by Gasteiger charge is 2.37. The fourth-order valence-corrected chi connectivity index (χ4v) is 4.21. The highest BCUT2D eigenvalue weighted by Crippen LogP contribution is 2.37. The van der Waals surface area contributed by atoms with Crippen molar-refractivity contribution in [2.24, 2.45) is 0 Å². The predicted octanol–water partition coefficient (Wildman–Crippen LogP) is 7.18. The average molecular weight is 553 g/mol. The minimum Gasteiger partial charge on any atom is -0.344 e. The second kappa shape index (κ2) is 10.5. The molecule has 198 valence electrons. The van der Waals surface area contributed by atoms with Crippen LogP contribution in [0.1, 0.15) is 45.7 Å². The van der Waals surface area contributed by atoms with Crippen LogP contribution in [-0.4, -0.2) is 20.9 Å². The van der Waals surface area contributed by atoms with Crippen molar-refractivity contribution in [1.82, 2.24) is 20.3 Å². The van der Waals surface area contributed by atoms with E-state index in [2.05, 4.69) is 15.6 Å². The van der Waals surface area contributed by atoms with Crippen LogP contribution >= 0.6 is 11.6 Å². The number of nitrogens with one attached hydrogen (secondary N) is 1. The molecule has 0 spiro atoms. The number of benzene rings is 3. The molecular formula is C26H19ClF6N4O. The lowest BCUT2D eigenvalue weighted by Gasteiger charge is -2.16. The van der Waals surface area contributed by atoms with Crippen LogP contribution in [0.2, 0.25) is 5.02 Å². The molecule has 1 atom stereocenters. The van der Waals surface area contributed by atoms with E-state index in [4.69, 9.17) is 11.6 Å². The maximum atomic E-state index is 13.4. The Labute approximate surface area is 218 Å². The first-order valence-electron chi connectivity index (χ1n) is 11.2. The van der Waals surface area contributed by atoms with Crippen molar-refractivity contribution in [2.75, 3.05) is 0 Å². The summed E-state index contributed by atoms with van der Waals surface area (Å²) in [5.74, 6) is -0.650. The Kier molecular flexibility index (Phi) is 7.50. The Morgan fingerprint density at radius 1 is 0.921 bits per heavy atom. The number of nitrogens with zero attached hydrogens (tertiary/aromatic N) is 3. The van der Waals surface area contributed by atoms with Gasteiger partial charge in [-0.1, -0.05) is 65.3 Å². The van der Waals surface area contributed by atoms with E-state index in [0.717, 1.165) is 4.68 Å². The van der Waals surface area contributed by atoms with Gasteiger partial charge in [-0.3, -0.25) is 4.79 Å². The van der Waals surface area contributed by atoms with Crippen molar-refractivity contribution in [3.05, 3.63) is 106 Å². The maximum absolute atomic E-state index is 13.4. The molecule has 3 aromatic carbocycles. The van der Waals surface area contributed by atoms with Gasteiger partial charge in [-0.2, -0.15) is 26.3 Å². The molecule has 38 heavy (non-hydrogen) atoms. The van der Waals surface area contributed by atoms with Crippen molar-refractivity contribution in [3.63, 3.8) is 0 Å². The zero-order valence-corrected chi connectivity index (χ0v) is 20.4. The summed E-state index contributed by atoms with van der Waals surface area (Å²) in [7, 11) is 0. The van der Waals surface area contributed by atoms with Crippen LogP contribution in [0.4, 0.5) is 26.3 Å². The quantitative estimate of drug-likeness (QED) is 0.258. The minimum absolute atomic E-state index is 0.0535. The van der Waals surface area contributed by atoms with Gasteiger partial charge in [0.1, 0.15) is 5.69 Å². The molecule has 0 aliphatic carbocycles. The van der Waals surface area contributed by atoms with E-state index < -0.39 is 42.0 Å². The summed E-state index contributed by atoms with van der Waals surface area (Å²) in [5.41, 5.74) is -2.16. The van der Waals surface area contributed by atoms with E-state index in [1.165, 1.54) is 0 Å². The lowest BCUT2D eigenvalue weighted by molar-refractivity contribution is -0.143. The van der Waals surface area contributed by atoms with E-state index in [1.807, 2.05) is 0 Å². The summed E-state index contributed by atoms with van der Waals surface area (Å²) in [5, 5.41) is 11.0. The number of carbonyl (C=O) groups excluding carboxylic acids is 1. The Hall–Kier alpha value is -3.86. The highest BCUT2D eigenvalue weighted by molar-refractivity contribution is 6.31. The molecule has 1 aromatic heterocycles. The Morgan fingerprint density at radius 2 is 1.50 bits per heavy atom. The standard InChI is InChI=1S/C26H19ClF6N4O/c1-15(20-9-5-6-10-21(20)27)34-24(38)22-23(17-7-3-2-4-8-17)37(36-35-22)14-16-11-18(25(28,29)30)13-19(12-16)26(31,32)33/h2-13,15H,14H2,1H3,(H,34,38)/t15-/m1/s1. The molecule has 0 aliphatic heterocycles. The minimum atomic E-state index is -5.00. The molecule has 4 aromatic rings. The van der Waals surface area contributed by atoms with Crippen LogP contribution in [0.15, 0.2) is 72.8 Å². The molecule has 0 unspecified atom stereocenters. The van der Waals surface area contributed by atoms with Crippen molar-refractivity contribution in [3.8, 4) is 11.3 Å². The number of rotatable bonds is 6. The lowest BCUT2D eigenvalue weighted by Crippen LogP contribution is -2.27. The molecule has 1 amide bonds. The number of hydrogen-bond donors (Lipinski definition) is 1. The monoisotopic (exact) mass is 552 g/mol. The molecular weight excluding hydrogens is 534 g/mol. The van der Waals surface area contributed by atoms with Crippen molar-refractivity contribution in [2.45, 2.75) is 31.9 Å². The van der Waals surface area contributed by atoms with Gasteiger partial charge in [0.05, 0.1) is 23.7 Å². The SMILES string of the molecule is C[C@@H](NC(=O)c1nnn(Cc2cc(C(F)(F)F)cc(C(F)(F)F)c2)c1-c1ccccc1)c1ccccc1Cl. The Bertz CT molecular complexity index is 1420. The largest absolute Gasteiger partial charge is 0.416 e. The molecule has 0 radical (unpaired) electrons. The first-order valence-corrected chi connectivity index (χ1v) is 11.5. The smallest absolute Gasteiger partial charge is 0.344 e.